The number of carbonyl (C=O) groups is 1. The first kappa shape index (κ1) is 22.4. The summed E-state index contributed by atoms with van der Waals surface area (Å²) in [5.74, 6) is -1.60. The van der Waals surface area contributed by atoms with Crippen molar-refractivity contribution >= 4 is 16.8 Å². The fourth-order valence-corrected chi connectivity index (χ4v) is 3.40. The van der Waals surface area contributed by atoms with Crippen LogP contribution in [0.3, 0.4) is 0 Å². The molecule has 0 spiro atoms. The summed E-state index contributed by atoms with van der Waals surface area (Å²) in [5.41, 5.74) is -0.682. The zero-order chi connectivity index (χ0) is 19.8. The van der Waals surface area contributed by atoms with Gasteiger partial charge in [-0.05, 0) is 38.0 Å². The zero-order valence-corrected chi connectivity index (χ0v) is 18.5. The maximum Gasteiger partial charge on any atom is 1.00 e. The second kappa shape index (κ2) is 8.62. The quantitative estimate of drug-likeness (QED) is 0.631. The average Bonchev–Trinajstić information content (AvgIpc) is 2.60. The largest absolute Gasteiger partial charge is 1.00 e. The molecule has 1 N–H and O–H groups in total. The van der Waals surface area contributed by atoms with Crippen molar-refractivity contribution in [2.45, 2.75) is 38.7 Å². The van der Waals surface area contributed by atoms with Crippen LogP contribution < -0.4 is 40.1 Å². The SMILES string of the molecule is CC(=O)CC(c1ccccc1)c1c([O-])oc2cccc(C(C)(C)O)c2c1=O.[Na+]. The van der Waals surface area contributed by atoms with Crippen LogP contribution in [0.2, 0.25) is 0 Å². The first-order valence-electron chi connectivity index (χ1n) is 8.74. The van der Waals surface area contributed by atoms with Crippen LogP contribution in [-0.2, 0) is 10.4 Å². The van der Waals surface area contributed by atoms with E-state index in [0.717, 1.165) is 0 Å². The minimum Gasteiger partial charge on any atom is -0.578 e. The molecule has 3 aromatic rings. The van der Waals surface area contributed by atoms with Gasteiger partial charge in [-0.25, -0.2) is 0 Å². The van der Waals surface area contributed by atoms with Crippen LogP contribution in [0.4, 0.5) is 0 Å². The number of ketones is 1. The molecular weight excluding hydrogens is 367 g/mol. The second-order valence-electron chi connectivity index (χ2n) is 7.24. The zero-order valence-electron chi connectivity index (χ0n) is 16.5. The van der Waals surface area contributed by atoms with E-state index in [1.165, 1.54) is 13.0 Å². The summed E-state index contributed by atoms with van der Waals surface area (Å²) < 4.78 is 5.42. The number of hydrogen-bond acceptors (Lipinski definition) is 5. The molecule has 0 radical (unpaired) electrons. The molecule has 1 atom stereocenters. The van der Waals surface area contributed by atoms with Gasteiger partial charge < -0.3 is 14.6 Å². The molecule has 0 aliphatic heterocycles. The molecule has 5 nitrogen and oxygen atoms in total. The summed E-state index contributed by atoms with van der Waals surface area (Å²) in [7, 11) is 0. The minimum absolute atomic E-state index is 0. The van der Waals surface area contributed by atoms with Gasteiger partial charge in [-0.3, -0.25) is 9.59 Å². The summed E-state index contributed by atoms with van der Waals surface area (Å²) >= 11 is 0. The smallest absolute Gasteiger partial charge is 0.578 e. The Hall–Kier alpha value is -1.92. The van der Waals surface area contributed by atoms with E-state index >= 15 is 0 Å². The standard InChI is InChI=1S/C22H22O5.Na/c1-13(23)12-15(14-8-5-4-6-9-14)18-20(24)19-16(22(2,3)26)10-7-11-17(19)27-21(18)25;/h4-11,15,25-26H,12H2,1-3H3;/q;+1/p-1. The number of Topliss-reactive ketones (excluding diaryl/α,β-unsaturated/α-hetero) is 1. The van der Waals surface area contributed by atoms with Gasteiger partial charge >= 0.3 is 29.6 Å². The predicted octanol–water partition coefficient (Wildman–Crippen LogP) is 0.209. The van der Waals surface area contributed by atoms with Gasteiger partial charge in [0.15, 0.2) is 5.43 Å². The van der Waals surface area contributed by atoms with Gasteiger partial charge in [0.05, 0.1) is 11.5 Å². The van der Waals surface area contributed by atoms with Gasteiger partial charge in [-0.15, -0.1) is 0 Å². The summed E-state index contributed by atoms with van der Waals surface area (Å²) in [4.78, 5) is 25.2. The monoisotopic (exact) mass is 388 g/mol. The Kier molecular flexibility index (Phi) is 6.88. The van der Waals surface area contributed by atoms with Crippen LogP contribution in [0, 0.1) is 0 Å². The van der Waals surface area contributed by atoms with Crippen molar-refractivity contribution < 1.29 is 49.0 Å². The van der Waals surface area contributed by atoms with Crippen LogP contribution in [0.1, 0.15) is 49.8 Å². The van der Waals surface area contributed by atoms with Crippen LogP contribution >= 0.6 is 0 Å². The molecule has 0 amide bonds. The molecular formula is C22H21NaO5. The average molecular weight is 388 g/mol. The van der Waals surface area contributed by atoms with Crippen molar-refractivity contribution in [2.75, 3.05) is 0 Å². The normalized spacial score (nSPS) is 12.4. The van der Waals surface area contributed by atoms with E-state index in [-0.39, 0.29) is 58.3 Å². The Bertz CT molecular complexity index is 1050. The van der Waals surface area contributed by atoms with Crippen molar-refractivity contribution in [3.05, 3.63) is 75.4 Å². The molecule has 1 unspecified atom stereocenters. The topological polar surface area (TPSA) is 90.6 Å². The Labute approximate surface area is 185 Å². The molecule has 3 rings (SSSR count). The predicted molar refractivity (Wildman–Crippen MR) is 101 cm³/mol. The molecule has 28 heavy (non-hydrogen) atoms. The van der Waals surface area contributed by atoms with Gasteiger partial charge in [-0.2, -0.15) is 0 Å². The van der Waals surface area contributed by atoms with Crippen LogP contribution in [0.5, 0.6) is 5.95 Å². The van der Waals surface area contributed by atoms with Crippen molar-refractivity contribution in [1.82, 2.24) is 0 Å². The second-order valence-corrected chi connectivity index (χ2v) is 7.24. The third-order valence-electron chi connectivity index (χ3n) is 4.62. The number of fused-ring (bicyclic) bond motifs is 1. The van der Waals surface area contributed by atoms with Gasteiger partial charge in [0.25, 0.3) is 0 Å². The first-order chi connectivity index (χ1) is 12.7. The van der Waals surface area contributed by atoms with E-state index in [9.17, 15) is 19.8 Å². The van der Waals surface area contributed by atoms with E-state index in [2.05, 4.69) is 0 Å². The molecule has 0 saturated heterocycles. The van der Waals surface area contributed by atoms with Gasteiger partial charge in [-0.1, -0.05) is 42.5 Å². The molecule has 1 aromatic heterocycles. The number of aliphatic hydroxyl groups is 1. The maximum absolute atomic E-state index is 13.3. The fraction of sp³-hybridized carbons (Fsp3) is 0.273. The fourth-order valence-electron chi connectivity index (χ4n) is 3.40. The Morgan fingerprint density at radius 1 is 1.14 bits per heavy atom. The van der Waals surface area contributed by atoms with Crippen molar-refractivity contribution in [3.63, 3.8) is 0 Å². The summed E-state index contributed by atoms with van der Waals surface area (Å²) in [6.45, 7) is 4.55. The van der Waals surface area contributed by atoms with Crippen LogP contribution in [-0.4, -0.2) is 10.9 Å². The Morgan fingerprint density at radius 2 is 1.79 bits per heavy atom. The molecule has 1 heterocycles. The van der Waals surface area contributed by atoms with E-state index in [1.807, 2.05) is 6.07 Å². The number of carbonyl (C=O) groups excluding carboxylic acids is 1. The molecule has 2 aromatic carbocycles. The Balaban J connectivity index is 0.00000280. The minimum atomic E-state index is -1.29. The van der Waals surface area contributed by atoms with E-state index < -0.39 is 22.9 Å². The van der Waals surface area contributed by atoms with Crippen molar-refractivity contribution in [2.24, 2.45) is 0 Å². The number of benzene rings is 2. The molecule has 6 heteroatoms. The molecule has 0 aliphatic carbocycles. The third-order valence-corrected chi connectivity index (χ3v) is 4.62. The maximum atomic E-state index is 13.3. The molecule has 0 fully saturated rings. The summed E-state index contributed by atoms with van der Waals surface area (Å²) in [5, 5.41) is 23.3. The first-order valence-corrected chi connectivity index (χ1v) is 8.74. The van der Waals surface area contributed by atoms with E-state index in [4.69, 9.17) is 4.42 Å². The molecule has 0 saturated carbocycles. The molecule has 0 aliphatic rings. The van der Waals surface area contributed by atoms with Crippen molar-refractivity contribution in [1.29, 1.82) is 0 Å². The van der Waals surface area contributed by atoms with Crippen LogP contribution in [0.25, 0.3) is 11.0 Å². The Morgan fingerprint density at radius 3 is 2.36 bits per heavy atom. The van der Waals surface area contributed by atoms with Crippen molar-refractivity contribution in [3.8, 4) is 5.95 Å². The molecule has 140 valence electrons. The summed E-state index contributed by atoms with van der Waals surface area (Å²) in [6.07, 6.45) is 0.0141. The van der Waals surface area contributed by atoms with Gasteiger partial charge in [0.2, 0.25) is 0 Å². The van der Waals surface area contributed by atoms with E-state index in [1.54, 1.807) is 50.2 Å². The van der Waals surface area contributed by atoms with Gasteiger partial charge in [0.1, 0.15) is 5.78 Å². The number of hydrogen-bond donors (Lipinski definition) is 1. The third kappa shape index (κ3) is 4.39. The van der Waals surface area contributed by atoms with E-state index in [0.29, 0.717) is 11.1 Å². The summed E-state index contributed by atoms with van der Waals surface area (Å²) in [6, 6.07) is 13.7. The van der Waals surface area contributed by atoms with Crippen LogP contribution in [0.15, 0.2) is 57.7 Å². The number of rotatable bonds is 5. The molecule has 0 bridgehead atoms. The van der Waals surface area contributed by atoms with Gasteiger partial charge in [0, 0.05) is 28.9 Å².